The van der Waals surface area contributed by atoms with Gasteiger partial charge in [0, 0.05) is 36.7 Å². The number of benzene rings is 1. The minimum atomic E-state index is 0.587. The third kappa shape index (κ3) is 1.47. The average Bonchev–Trinajstić information content (AvgIpc) is 2.71. The first kappa shape index (κ1) is 10.2. The molecule has 2 bridgehead atoms. The van der Waals surface area contributed by atoms with Crippen LogP contribution < -0.4 is 5.32 Å². The molecule has 1 aliphatic heterocycles. The number of fused-ring (bicyclic) bond motifs is 5. The van der Waals surface area contributed by atoms with Crippen molar-refractivity contribution in [3.63, 3.8) is 0 Å². The predicted molar refractivity (Wildman–Crippen MR) is 70.4 cm³/mol. The Morgan fingerprint density at radius 3 is 2.78 bits per heavy atom. The van der Waals surface area contributed by atoms with Crippen LogP contribution in [0.4, 0.5) is 0 Å². The van der Waals surface area contributed by atoms with Gasteiger partial charge in [-0.25, -0.2) is 9.97 Å². The Balaban J connectivity index is 1.81. The summed E-state index contributed by atoms with van der Waals surface area (Å²) in [4.78, 5) is 9.36. The zero-order valence-corrected chi connectivity index (χ0v) is 10.1. The highest BCUT2D eigenvalue weighted by Gasteiger charge is 2.35. The van der Waals surface area contributed by atoms with Crippen molar-refractivity contribution in [2.45, 2.75) is 18.3 Å². The van der Waals surface area contributed by atoms with Crippen LogP contribution in [0, 0.1) is 0 Å². The first-order valence-electron chi connectivity index (χ1n) is 6.55. The van der Waals surface area contributed by atoms with E-state index in [0.717, 1.165) is 24.5 Å². The van der Waals surface area contributed by atoms with Gasteiger partial charge in [0.25, 0.3) is 0 Å². The van der Waals surface area contributed by atoms with Crippen molar-refractivity contribution in [3.8, 4) is 11.4 Å². The molecule has 1 N–H and O–H groups in total. The van der Waals surface area contributed by atoms with Gasteiger partial charge in [0.15, 0.2) is 5.82 Å². The standard InChI is InChI=1S/C15H15N3/c1-2-4-10(5-3-1)15-17-9-13-11-6-12(8-16-7-11)14(13)18-15/h1-5,9,11-12,16H,6-8H2/t11-,12?/m1/s1. The summed E-state index contributed by atoms with van der Waals surface area (Å²) in [6, 6.07) is 10.2. The van der Waals surface area contributed by atoms with E-state index in [1.165, 1.54) is 17.7 Å². The van der Waals surface area contributed by atoms with Gasteiger partial charge in [0.05, 0.1) is 5.69 Å². The Morgan fingerprint density at radius 2 is 1.89 bits per heavy atom. The highest BCUT2D eigenvalue weighted by molar-refractivity contribution is 5.55. The van der Waals surface area contributed by atoms with Crippen molar-refractivity contribution in [1.82, 2.24) is 15.3 Å². The number of hydrogen-bond donors (Lipinski definition) is 1. The fourth-order valence-electron chi connectivity index (χ4n) is 3.16. The molecule has 1 saturated heterocycles. The quantitative estimate of drug-likeness (QED) is 0.827. The van der Waals surface area contributed by atoms with E-state index in [1.807, 2.05) is 24.4 Å². The highest BCUT2D eigenvalue weighted by atomic mass is 15.0. The van der Waals surface area contributed by atoms with Crippen LogP contribution in [0.2, 0.25) is 0 Å². The van der Waals surface area contributed by atoms with E-state index >= 15 is 0 Å². The number of hydrogen-bond acceptors (Lipinski definition) is 3. The van der Waals surface area contributed by atoms with Crippen LogP contribution in [0.25, 0.3) is 11.4 Å². The second kappa shape index (κ2) is 3.89. The lowest BCUT2D eigenvalue weighted by atomic mass is 9.98. The second-order valence-electron chi connectivity index (χ2n) is 5.19. The number of piperidine rings is 1. The van der Waals surface area contributed by atoms with E-state index in [-0.39, 0.29) is 0 Å². The van der Waals surface area contributed by atoms with Crippen molar-refractivity contribution in [2.24, 2.45) is 0 Å². The molecule has 3 heteroatoms. The van der Waals surface area contributed by atoms with Crippen LogP contribution in [-0.4, -0.2) is 23.1 Å². The minimum Gasteiger partial charge on any atom is -0.315 e. The highest BCUT2D eigenvalue weighted by Crippen LogP contribution is 2.42. The summed E-state index contributed by atoms with van der Waals surface area (Å²) in [5.74, 6) is 2.08. The molecule has 0 saturated carbocycles. The molecule has 90 valence electrons. The number of nitrogens with one attached hydrogen (secondary N) is 1. The molecule has 1 aliphatic carbocycles. The summed E-state index contributed by atoms with van der Waals surface area (Å²) in [5.41, 5.74) is 3.75. The van der Waals surface area contributed by atoms with Crippen molar-refractivity contribution >= 4 is 0 Å². The van der Waals surface area contributed by atoms with Crippen LogP contribution in [0.1, 0.15) is 29.5 Å². The van der Waals surface area contributed by atoms with Crippen molar-refractivity contribution in [1.29, 1.82) is 0 Å². The van der Waals surface area contributed by atoms with Crippen LogP contribution in [-0.2, 0) is 0 Å². The first-order valence-corrected chi connectivity index (χ1v) is 6.55. The van der Waals surface area contributed by atoms with E-state index < -0.39 is 0 Å². The molecule has 3 nitrogen and oxygen atoms in total. The minimum absolute atomic E-state index is 0.587. The second-order valence-corrected chi connectivity index (χ2v) is 5.19. The molecule has 1 aromatic carbocycles. The molecule has 1 aromatic heterocycles. The summed E-state index contributed by atoms with van der Waals surface area (Å²) in [6.45, 7) is 2.15. The van der Waals surface area contributed by atoms with Crippen molar-refractivity contribution < 1.29 is 0 Å². The Hall–Kier alpha value is -1.74. The molecule has 2 aliphatic rings. The topological polar surface area (TPSA) is 37.8 Å². The maximum atomic E-state index is 4.82. The van der Waals surface area contributed by atoms with Gasteiger partial charge in [-0.2, -0.15) is 0 Å². The van der Waals surface area contributed by atoms with Gasteiger partial charge in [0.1, 0.15) is 0 Å². The molecular weight excluding hydrogens is 222 g/mol. The molecule has 1 unspecified atom stereocenters. The molecule has 2 heterocycles. The fraction of sp³-hybridized carbons (Fsp3) is 0.333. The molecule has 0 radical (unpaired) electrons. The summed E-state index contributed by atoms with van der Waals surface area (Å²) in [7, 11) is 0. The van der Waals surface area contributed by atoms with Gasteiger partial charge in [-0.3, -0.25) is 0 Å². The fourth-order valence-corrected chi connectivity index (χ4v) is 3.16. The van der Waals surface area contributed by atoms with Gasteiger partial charge in [-0.1, -0.05) is 30.3 Å². The number of rotatable bonds is 1. The summed E-state index contributed by atoms with van der Waals surface area (Å²) >= 11 is 0. The molecule has 2 atom stereocenters. The van der Waals surface area contributed by atoms with Gasteiger partial charge in [-0.05, 0) is 12.0 Å². The maximum absolute atomic E-state index is 4.82. The number of aromatic nitrogens is 2. The molecule has 2 aromatic rings. The third-order valence-electron chi connectivity index (χ3n) is 4.06. The lowest BCUT2D eigenvalue weighted by molar-refractivity contribution is 0.451. The Kier molecular flexibility index (Phi) is 2.20. The van der Waals surface area contributed by atoms with E-state index in [4.69, 9.17) is 4.98 Å². The molecular formula is C15H15N3. The van der Waals surface area contributed by atoms with Crippen LogP contribution in [0.5, 0.6) is 0 Å². The van der Waals surface area contributed by atoms with E-state index in [0.29, 0.717) is 11.8 Å². The van der Waals surface area contributed by atoms with Gasteiger partial charge < -0.3 is 5.32 Å². The van der Waals surface area contributed by atoms with Crippen molar-refractivity contribution in [2.75, 3.05) is 13.1 Å². The van der Waals surface area contributed by atoms with Gasteiger partial charge in [0.2, 0.25) is 0 Å². The zero-order chi connectivity index (χ0) is 11.9. The smallest absolute Gasteiger partial charge is 0.159 e. The molecule has 0 spiro atoms. The van der Waals surface area contributed by atoms with E-state index in [1.54, 1.807) is 0 Å². The largest absolute Gasteiger partial charge is 0.315 e. The lowest BCUT2D eigenvalue weighted by Crippen LogP contribution is -2.28. The summed E-state index contributed by atoms with van der Waals surface area (Å²) in [5, 5.41) is 3.49. The third-order valence-corrected chi connectivity index (χ3v) is 4.06. The molecule has 4 rings (SSSR count). The van der Waals surface area contributed by atoms with Crippen molar-refractivity contribution in [3.05, 3.63) is 47.8 Å². The van der Waals surface area contributed by atoms with Gasteiger partial charge in [-0.15, -0.1) is 0 Å². The average molecular weight is 237 g/mol. The van der Waals surface area contributed by atoms with Crippen LogP contribution >= 0.6 is 0 Å². The SMILES string of the molecule is c1ccc(-c2ncc3c(n2)C2CNC[C@H]3C2)cc1. The van der Waals surface area contributed by atoms with Gasteiger partial charge >= 0.3 is 0 Å². The Morgan fingerprint density at radius 1 is 1.06 bits per heavy atom. The zero-order valence-electron chi connectivity index (χ0n) is 10.1. The van der Waals surface area contributed by atoms with Crippen LogP contribution in [0.15, 0.2) is 36.5 Å². The van der Waals surface area contributed by atoms with Crippen LogP contribution in [0.3, 0.4) is 0 Å². The number of nitrogens with zero attached hydrogens (tertiary/aromatic N) is 2. The van der Waals surface area contributed by atoms with E-state index in [9.17, 15) is 0 Å². The molecule has 0 amide bonds. The Bertz CT molecular complexity index is 580. The molecule has 1 fully saturated rings. The lowest BCUT2D eigenvalue weighted by Gasteiger charge is -2.19. The Labute approximate surface area is 106 Å². The monoisotopic (exact) mass is 237 g/mol. The summed E-state index contributed by atoms with van der Waals surface area (Å²) < 4.78 is 0. The summed E-state index contributed by atoms with van der Waals surface area (Å²) in [6.07, 6.45) is 3.29. The predicted octanol–water partition coefficient (Wildman–Crippen LogP) is 2.32. The first-order chi connectivity index (χ1) is 8.92. The maximum Gasteiger partial charge on any atom is 0.159 e. The van der Waals surface area contributed by atoms with E-state index in [2.05, 4.69) is 22.4 Å². The normalized spacial score (nSPS) is 24.9. The molecule has 18 heavy (non-hydrogen) atoms.